The van der Waals surface area contributed by atoms with Crippen molar-refractivity contribution in [2.45, 2.75) is 18.3 Å². The van der Waals surface area contributed by atoms with Gasteiger partial charge in [-0.25, -0.2) is 8.42 Å². The number of hydrogen-bond acceptors (Lipinski definition) is 4. The molecule has 0 spiro atoms. The number of carboxylic acid groups (broad SMARTS) is 1. The van der Waals surface area contributed by atoms with E-state index >= 15 is 0 Å². The average molecular weight is 284 g/mol. The first-order chi connectivity index (χ1) is 8.85. The maximum absolute atomic E-state index is 11.7. The van der Waals surface area contributed by atoms with Gasteiger partial charge in [0, 0.05) is 18.2 Å². The molecule has 1 aliphatic heterocycles. The van der Waals surface area contributed by atoms with Gasteiger partial charge in [-0.15, -0.1) is 0 Å². The molecule has 0 bridgehead atoms. The lowest BCUT2D eigenvalue weighted by Gasteiger charge is -2.35. The number of hydrogen-bond donors (Lipinski definition) is 1. The summed E-state index contributed by atoms with van der Waals surface area (Å²) in [7, 11) is -3.20. The molecule has 1 aromatic carbocycles. The van der Waals surface area contributed by atoms with Gasteiger partial charge in [-0.1, -0.05) is 18.2 Å². The molecule has 0 aromatic heterocycles. The van der Waals surface area contributed by atoms with Crippen molar-refractivity contribution in [1.29, 1.82) is 0 Å². The van der Waals surface area contributed by atoms with E-state index in [-0.39, 0.29) is 25.2 Å². The minimum atomic E-state index is -3.20. The third kappa shape index (κ3) is 2.73. The van der Waals surface area contributed by atoms with Gasteiger partial charge in [-0.3, -0.25) is 4.79 Å². The molecule has 19 heavy (non-hydrogen) atoms. The summed E-state index contributed by atoms with van der Waals surface area (Å²) in [5, 5.41) is 9.58. The Morgan fingerprint density at radius 2 is 2.11 bits per heavy atom. The van der Waals surface area contributed by atoms with Gasteiger partial charge in [0.15, 0.2) is 0 Å². The molecule has 0 saturated heterocycles. The van der Waals surface area contributed by atoms with Crippen molar-refractivity contribution >= 4 is 15.8 Å². The van der Waals surface area contributed by atoms with Crippen LogP contribution in [0.25, 0.3) is 0 Å². The summed E-state index contributed by atoms with van der Waals surface area (Å²) < 4.78 is 28.1. The predicted molar refractivity (Wildman–Crippen MR) is 70.2 cm³/mol. The Labute approximate surface area is 112 Å². The van der Waals surface area contributed by atoms with E-state index in [1.165, 1.54) is 0 Å². The van der Waals surface area contributed by atoms with E-state index in [0.29, 0.717) is 11.3 Å². The maximum atomic E-state index is 11.7. The minimum absolute atomic E-state index is 0.0710. The van der Waals surface area contributed by atoms with E-state index in [9.17, 15) is 18.3 Å². The largest absolute Gasteiger partial charge is 0.493 e. The Kier molecular flexibility index (Phi) is 3.54. The van der Waals surface area contributed by atoms with Gasteiger partial charge in [-0.2, -0.15) is 0 Å². The summed E-state index contributed by atoms with van der Waals surface area (Å²) in [6.45, 7) is 0.285. The fourth-order valence-electron chi connectivity index (χ4n) is 2.41. The third-order valence-corrected chi connectivity index (χ3v) is 4.44. The van der Waals surface area contributed by atoms with Crippen LogP contribution in [0, 0.1) is 0 Å². The van der Waals surface area contributed by atoms with Crippen LogP contribution in [0.15, 0.2) is 24.3 Å². The van der Waals surface area contributed by atoms with E-state index in [1.54, 1.807) is 24.3 Å². The molecule has 5 nitrogen and oxygen atoms in total. The Morgan fingerprint density at radius 1 is 1.42 bits per heavy atom. The topological polar surface area (TPSA) is 80.7 Å². The molecule has 1 N–H and O–H groups in total. The van der Waals surface area contributed by atoms with Crippen LogP contribution in [0.4, 0.5) is 0 Å². The molecule has 0 radical (unpaired) electrons. The number of rotatable bonds is 4. The number of para-hydroxylation sites is 1. The van der Waals surface area contributed by atoms with Crippen molar-refractivity contribution in [3.63, 3.8) is 0 Å². The molecule has 1 aromatic rings. The Balaban J connectivity index is 2.44. The maximum Gasteiger partial charge on any atom is 0.314 e. The number of ether oxygens (including phenoxy) is 1. The molecule has 1 aliphatic rings. The highest BCUT2D eigenvalue weighted by Crippen LogP contribution is 2.41. The van der Waals surface area contributed by atoms with E-state index in [4.69, 9.17) is 4.74 Å². The molecule has 2 rings (SSSR count). The SMILES string of the molecule is CS(=O)(=O)CCC1(C(=O)O)CCOc2ccccc21. The summed E-state index contributed by atoms with van der Waals surface area (Å²) in [5.41, 5.74) is -0.602. The van der Waals surface area contributed by atoms with Crippen molar-refractivity contribution < 1.29 is 23.1 Å². The summed E-state index contributed by atoms with van der Waals surface area (Å²) in [5.74, 6) is -0.607. The second-order valence-corrected chi connectivity index (χ2v) is 7.12. The summed E-state index contributed by atoms with van der Waals surface area (Å²) in [4.78, 5) is 11.7. The van der Waals surface area contributed by atoms with Gasteiger partial charge in [0.1, 0.15) is 21.0 Å². The predicted octanol–water partition coefficient (Wildman–Crippen LogP) is 1.23. The Hall–Kier alpha value is -1.56. The zero-order valence-electron chi connectivity index (χ0n) is 10.6. The highest BCUT2D eigenvalue weighted by molar-refractivity contribution is 7.90. The molecule has 1 atom stereocenters. The van der Waals surface area contributed by atoms with E-state index in [1.807, 2.05) is 0 Å². The first-order valence-electron chi connectivity index (χ1n) is 5.99. The number of aliphatic carboxylic acids is 1. The molecule has 0 fully saturated rings. The molecule has 0 amide bonds. The van der Waals surface area contributed by atoms with E-state index in [2.05, 4.69) is 0 Å². The third-order valence-electron chi connectivity index (χ3n) is 3.50. The summed E-state index contributed by atoms with van der Waals surface area (Å²) >= 11 is 0. The highest BCUT2D eigenvalue weighted by atomic mass is 32.2. The van der Waals surface area contributed by atoms with Gasteiger partial charge in [0.2, 0.25) is 0 Å². The van der Waals surface area contributed by atoms with Crippen LogP contribution in [0.5, 0.6) is 5.75 Å². The monoisotopic (exact) mass is 284 g/mol. The van der Waals surface area contributed by atoms with Crippen LogP contribution in [-0.4, -0.2) is 38.1 Å². The number of sulfone groups is 1. The standard InChI is InChI=1S/C13H16O5S/c1-19(16,17)9-7-13(12(14)15)6-8-18-11-5-3-2-4-10(11)13/h2-5H,6-9H2,1H3,(H,14,15). The number of fused-ring (bicyclic) bond motifs is 1. The van der Waals surface area contributed by atoms with Gasteiger partial charge >= 0.3 is 5.97 Å². The van der Waals surface area contributed by atoms with Crippen LogP contribution in [0.3, 0.4) is 0 Å². The molecule has 1 unspecified atom stereocenters. The number of benzene rings is 1. The fourth-order valence-corrected chi connectivity index (χ4v) is 3.13. The van der Waals surface area contributed by atoms with Crippen molar-refractivity contribution in [3.8, 4) is 5.75 Å². The van der Waals surface area contributed by atoms with Gasteiger partial charge in [0.05, 0.1) is 12.4 Å². The smallest absolute Gasteiger partial charge is 0.314 e. The minimum Gasteiger partial charge on any atom is -0.493 e. The lowest BCUT2D eigenvalue weighted by molar-refractivity contribution is -0.145. The van der Waals surface area contributed by atoms with Gasteiger partial charge < -0.3 is 9.84 Å². The molecule has 6 heteroatoms. The highest BCUT2D eigenvalue weighted by Gasteiger charge is 2.44. The lowest BCUT2D eigenvalue weighted by atomic mass is 9.74. The number of carboxylic acids is 1. The van der Waals surface area contributed by atoms with Gasteiger partial charge in [0.25, 0.3) is 0 Å². The second kappa shape index (κ2) is 4.85. The van der Waals surface area contributed by atoms with Crippen molar-refractivity contribution in [2.75, 3.05) is 18.6 Å². The van der Waals surface area contributed by atoms with Crippen LogP contribution in [0.1, 0.15) is 18.4 Å². The Bertz CT molecular complexity index is 593. The summed E-state index contributed by atoms with van der Waals surface area (Å²) in [6, 6.07) is 6.93. The van der Waals surface area contributed by atoms with Gasteiger partial charge in [-0.05, 0) is 12.5 Å². The Morgan fingerprint density at radius 3 is 2.74 bits per heavy atom. The molecular weight excluding hydrogens is 268 g/mol. The molecular formula is C13H16O5S. The number of carbonyl (C=O) groups is 1. The normalized spacial score (nSPS) is 22.4. The van der Waals surface area contributed by atoms with Crippen LogP contribution < -0.4 is 4.74 Å². The zero-order chi connectivity index (χ0) is 14.1. The first-order valence-corrected chi connectivity index (χ1v) is 8.05. The zero-order valence-corrected chi connectivity index (χ0v) is 11.4. The molecule has 0 aliphatic carbocycles. The van der Waals surface area contributed by atoms with Crippen LogP contribution >= 0.6 is 0 Å². The second-order valence-electron chi connectivity index (χ2n) is 4.86. The first kappa shape index (κ1) is 13.9. The van der Waals surface area contributed by atoms with E-state index < -0.39 is 21.2 Å². The van der Waals surface area contributed by atoms with E-state index in [0.717, 1.165) is 6.26 Å². The molecule has 1 heterocycles. The van der Waals surface area contributed by atoms with Crippen LogP contribution in [0.2, 0.25) is 0 Å². The van der Waals surface area contributed by atoms with Crippen molar-refractivity contribution in [1.82, 2.24) is 0 Å². The van der Waals surface area contributed by atoms with Crippen molar-refractivity contribution in [3.05, 3.63) is 29.8 Å². The lowest BCUT2D eigenvalue weighted by Crippen LogP contribution is -2.42. The van der Waals surface area contributed by atoms with Crippen LogP contribution in [-0.2, 0) is 20.0 Å². The molecule has 0 saturated carbocycles. The molecule has 104 valence electrons. The van der Waals surface area contributed by atoms with Crippen molar-refractivity contribution in [2.24, 2.45) is 0 Å². The summed E-state index contributed by atoms with van der Waals surface area (Å²) in [6.07, 6.45) is 1.48. The average Bonchev–Trinajstić information content (AvgIpc) is 2.35. The fraction of sp³-hybridized carbons (Fsp3) is 0.462. The quantitative estimate of drug-likeness (QED) is 0.899.